The fourth-order valence-corrected chi connectivity index (χ4v) is 6.80. The normalized spacial score (nSPS) is 24.4. The Bertz CT molecular complexity index is 1530. The van der Waals surface area contributed by atoms with Crippen LogP contribution in [0.25, 0.3) is 0 Å². The van der Waals surface area contributed by atoms with Gasteiger partial charge in [0.25, 0.3) is 0 Å². The number of benzene rings is 3. The van der Waals surface area contributed by atoms with Crippen molar-refractivity contribution in [3.05, 3.63) is 113 Å². The van der Waals surface area contributed by atoms with Gasteiger partial charge in [0.1, 0.15) is 0 Å². The molecule has 6 nitrogen and oxygen atoms in total. The molecule has 0 amide bonds. The summed E-state index contributed by atoms with van der Waals surface area (Å²) in [5.74, 6) is 0.480. The lowest BCUT2D eigenvalue weighted by Crippen LogP contribution is -2.56. The third-order valence-corrected chi connectivity index (χ3v) is 8.59. The maximum atomic E-state index is 13.6. The highest BCUT2D eigenvalue weighted by molar-refractivity contribution is 5.35. The Morgan fingerprint density at radius 2 is 1.47 bits per heavy atom. The molecule has 43 heavy (non-hydrogen) atoms. The van der Waals surface area contributed by atoms with Crippen molar-refractivity contribution in [3.8, 4) is 0 Å². The molecule has 0 radical (unpaired) electrons. The number of rotatable bonds is 7. The van der Waals surface area contributed by atoms with E-state index in [4.69, 9.17) is 4.74 Å². The second kappa shape index (κ2) is 11.1. The van der Waals surface area contributed by atoms with Gasteiger partial charge >= 0.3 is 12.4 Å². The molecule has 3 heterocycles. The van der Waals surface area contributed by atoms with Gasteiger partial charge in [0, 0.05) is 18.5 Å². The quantitative estimate of drug-likeness (QED) is 0.216. The summed E-state index contributed by atoms with van der Waals surface area (Å²) in [7, 11) is 1.70. The smallest absolute Gasteiger partial charge is 0.371 e. The fraction of sp³-hybridized carbons (Fsp3) is 0.387. The fourth-order valence-electron chi connectivity index (χ4n) is 6.80. The van der Waals surface area contributed by atoms with E-state index in [1.807, 2.05) is 60.7 Å². The van der Waals surface area contributed by atoms with Crippen molar-refractivity contribution < 1.29 is 31.1 Å². The zero-order valence-electron chi connectivity index (χ0n) is 23.2. The minimum absolute atomic E-state index is 0.00912. The van der Waals surface area contributed by atoms with Crippen LogP contribution in [-0.2, 0) is 42.8 Å². The van der Waals surface area contributed by atoms with Crippen molar-refractivity contribution in [2.75, 3.05) is 0 Å². The number of halogens is 6. The summed E-state index contributed by atoms with van der Waals surface area (Å²) in [5, 5.41) is 12.9. The van der Waals surface area contributed by atoms with E-state index in [1.165, 1.54) is 4.80 Å². The van der Waals surface area contributed by atoms with Crippen LogP contribution < -0.4 is 0 Å². The number of ether oxygens (including phenoxy) is 1. The summed E-state index contributed by atoms with van der Waals surface area (Å²) >= 11 is 0. The summed E-state index contributed by atoms with van der Waals surface area (Å²) in [4.78, 5) is 3.77. The van der Waals surface area contributed by atoms with Crippen molar-refractivity contribution in [2.45, 2.75) is 68.4 Å². The Labute approximate surface area is 244 Å². The maximum Gasteiger partial charge on any atom is 0.416 e. The minimum Gasteiger partial charge on any atom is -0.371 e. The van der Waals surface area contributed by atoms with Gasteiger partial charge in [0.05, 0.1) is 36.4 Å². The maximum absolute atomic E-state index is 13.6. The molecular weight excluding hydrogens is 572 g/mol. The number of aromatic nitrogens is 4. The molecule has 0 spiro atoms. The van der Waals surface area contributed by atoms with E-state index in [-0.39, 0.29) is 23.6 Å². The topological polar surface area (TPSA) is 56.1 Å². The molecule has 2 aliphatic rings. The minimum atomic E-state index is -4.94. The zero-order chi connectivity index (χ0) is 30.4. The molecule has 0 N–H and O–H groups in total. The molecule has 4 atom stereocenters. The molecule has 6 rings (SSSR count). The standard InChI is InChI=1S/C31H29F6N5O/c1-41-39-28(38-40-41)25-17-29(22-10-6-3-7-11-22)27(13-12-26(25)42(29)18-20-8-4-2-5-9-20)43-19-21-14-23(30(32,33)34)16-24(15-21)31(35,36)37/h2-11,14-16,25-27H,12-13,17-19H2,1H3. The lowest BCUT2D eigenvalue weighted by Gasteiger charge is -2.50. The van der Waals surface area contributed by atoms with Crippen LogP contribution in [0.2, 0.25) is 0 Å². The SMILES string of the molecule is Cn1nnc(C2CC3(c4ccccc4)C(OCc4cc(C(F)(F)F)cc(C(F)(F)F)c4)CCC2N3Cc2ccccc2)n1. The molecule has 3 aromatic carbocycles. The van der Waals surface area contributed by atoms with E-state index in [0.717, 1.165) is 23.3 Å². The Morgan fingerprint density at radius 3 is 2.05 bits per heavy atom. The molecule has 1 aromatic heterocycles. The van der Waals surface area contributed by atoms with Crippen LogP contribution in [0.1, 0.15) is 58.8 Å². The van der Waals surface area contributed by atoms with Gasteiger partial charge in [-0.3, -0.25) is 4.90 Å². The van der Waals surface area contributed by atoms with Gasteiger partial charge in [0.15, 0.2) is 5.82 Å². The van der Waals surface area contributed by atoms with Gasteiger partial charge < -0.3 is 4.74 Å². The van der Waals surface area contributed by atoms with Gasteiger partial charge in [-0.25, -0.2) is 0 Å². The van der Waals surface area contributed by atoms with Crippen molar-refractivity contribution in [1.29, 1.82) is 0 Å². The number of hydrogen-bond donors (Lipinski definition) is 0. The molecule has 0 aliphatic carbocycles. The molecule has 2 fully saturated rings. The van der Waals surface area contributed by atoms with E-state index < -0.39 is 41.7 Å². The highest BCUT2D eigenvalue weighted by Crippen LogP contribution is 2.57. The average molecular weight is 602 g/mol. The van der Waals surface area contributed by atoms with E-state index in [0.29, 0.717) is 31.6 Å². The predicted molar refractivity (Wildman–Crippen MR) is 144 cm³/mol. The molecule has 0 saturated carbocycles. The number of fused-ring (bicyclic) bond motifs is 2. The van der Waals surface area contributed by atoms with Crippen LogP contribution in [-0.4, -0.2) is 37.3 Å². The largest absolute Gasteiger partial charge is 0.416 e. The van der Waals surface area contributed by atoms with Gasteiger partial charge in [-0.1, -0.05) is 60.7 Å². The molecule has 226 valence electrons. The van der Waals surface area contributed by atoms with Crippen molar-refractivity contribution in [1.82, 2.24) is 25.1 Å². The van der Waals surface area contributed by atoms with Crippen LogP contribution in [0, 0.1) is 0 Å². The zero-order valence-corrected chi connectivity index (χ0v) is 23.2. The highest BCUT2D eigenvalue weighted by atomic mass is 19.4. The summed E-state index contributed by atoms with van der Waals surface area (Å²) in [6.45, 7) is 0.142. The van der Waals surface area contributed by atoms with Crippen molar-refractivity contribution in [2.24, 2.45) is 7.05 Å². The van der Waals surface area contributed by atoms with E-state index in [2.05, 4.69) is 20.3 Å². The number of hydrogen-bond acceptors (Lipinski definition) is 5. The van der Waals surface area contributed by atoms with Gasteiger partial charge in [-0.2, -0.15) is 31.1 Å². The first-order valence-electron chi connectivity index (χ1n) is 14.0. The third-order valence-electron chi connectivity index (χ3n) is 8.59. The second-order valence-electron chi connectivity index (χ2n) is 11.2. The molecule has 2 aliphatic heterocycles. The highest BCUT2D eigenvalue weighted by Gasteiger charge is 2.60. The summed E-state index contributed by atoms with van der Waals surface area (Å²) in [5.41, 5.74) is -1.64. The van der Waals surface area contributed by atoms with E-state index >= 15 is 0 Å². The molecule has 2 bridgehead atoms. The Balaban J connectivity index is 1.41. The van der Waals surface area contributed by atoms with Crippen LogP contribution in [0.3, 0.4) is 0 Å². The lowest BCUT2D eigenvalue weighted by molar-refractivity contribution is -0.143. The molecule has 4 aromatic rings. The lowest BCUT2D eigenvalue weighted by atomic mass is 9.78. The van der Waals surface area contributed by atoms with Crippen LogP contribution in [0.5, 0.6) is 0 Å². The predicted octanol–water partition coefficient (Wildman–Crippen LogP) is 6.88. The average Bonchev–Trinajstić information content (AvgIpc) is 3.49. The number of piperidine rings is 1. The summed E-state index contributed by atoms with van der Waals surface area (Å²) in [6.07, 6.45) is -8.65. The van der Waals surface area contributed by atoms with Crippen LogP contribution in [0.4, 0.5) is 26.3 Å². The van der Waals surface area contributed by atoms with Crippen molar-refractivity contribution >= 4 is 0 Å². The van der Waals surface area contributed by atoms with E-state index in [1.54, 1.807) is 7.05 Å². The van der Waals surface area contributed by atoms with Crippen LogP contribution >= 0.6 is 0 Å². The molecular formula is C31H29F6N5O. The first-order chi connectivity index (χ1) is 20.4. The third kappa shape index (κ3) is 5.65. The first kappa shape index (κ1) is 29.3. The first-order valence-corrected chi connectivity index (χ1v) is 14.0. The molecule has 2 saturated heterocycles. The Kier molecular flexibility index (Phi) is 7.54. The number of nitrogens with zero attached hydrogens (tertiary/aromatic N) is 5. The number of tetrazole rings is 1. The number of aryl methyl sites for hydroxylation is 1. The van der Waals surface area contributed by atoms with Gasteiger partial charge in [-0.05, 0) is 59.4 Å². The monoisotopic (exact) mass is 601 g/mol. The Hall–Kier alpha value is -3.77. The second-order valence-corrected chi connectivity index (χ2v) is 11.2. The Morgan fingerprint density at radius 1 is 0.837 bits per heavy atom. The molecule has 4 unspecified atom stereocenters. The summed E-state index contributed by atoms with van der Waals surface area (Å²) in [6, 6.07) is 21.2. The van der Waals surface area contributed by atoms with Crippen LogP contribution in [0.15, 0.2) is 78.9 Å². The number of alkyl halides is 6. The summed E-state index contributed by atoms with van der Waals surface area (Å²) < 4.78 is 87.8. The van der Waals surface area contributed by atoms with Gasteiger partial charge in [0.2, 0.25) is 0 Å². The van der Waals surface area contributed by atoms with E-state index in [9.17, 15) is 26.3 Å². The van der Waals surface area contributed by atoms with Gasteiger partial charge in [-0.15, -0.1) is 10.2 Å². The van der Waals surface area contributed by atoms with Crippen molar-refractivity contribution in [3.63, 3.8) is 0 Å². The molecule has 12 heteroatoms.